The van der Waals surface area contributed by atoms with Crippen molar-refractivity contribution in [3.63, 3.8) is 0 Å². The van der Waals surface area contributed by atoms with Crippen LogP contribution in [0.3, 0.4) is 0 Å². The van der Waals surface area contributed by atoms with Gasteiger partial charge in [-0.3, -0.25) is 0 Å². The highest BCUT2D eigenvalue weighted by molar-refractivity contribution is 5.36. The first-order valence-corrected chi connectivity index (χ1v) is 5.96. The lowest BCUT2D eigenvalue weighted by molar-refractivity contribution is 0.200. The van der Waals surface area contributed by atoms with Gasteiger partial charge in [0.1, 0.15) is 12.4 Å². The topological polar surface area (TPSA) is 29.5 Å². The lowest BCUT2D eigenvalue weighted by Crippen LogP contribution is -2.03. The van der Waals surface area contributed by atoms with E-state index in [9.17, 15) is 0 Å². The van der Waals surface area contributed by atoms with Crippen molar-refractivity contribution in [3.8, 4) is 5.75 Å². The molecule has 0 heterocycles. The molecule has 0 amide bonds. The minimum Gasteiger partial charge on any atom is -0.491 e. The Kier molecular flexibility index (Phi) is 5.33. The van der Waals surface area contributed by atoms with Crippen molar-refractivity contribution >= 4 is 0 Å². The summed E-state index contributed by atoms with van der Waals surface area (Å²) >= 11 is 0. The van der Waals surface area contributed by atoms with Crippen molar-refractivity contribution in [1.29, 1.82) is 0 Å². The average molecular weight is 222 g/mol. The molecule has 1 rings (SSSR count). The van der Waals surface area contributed by atoms with Gasteiger partial charge in [0.25, 0.3) is 0 Å². The summed E-state index contributed by atoms with van der Waals surface area (Å²) < 4.78 is 5.42. The lowest BCUT2D eigenvalue weighted by Gasteiger charge is -2.10. The molecule has 2 nitrogen and oxygen atoms in total. The third-order valence-electron chi connectivity index (χ3n) is 2.60. The minimum absolute atomic E-state index is 0.0640. The van der Waals surface area contributed by atoms with E-state index < -0.39 is 0 Å². The van der Waals surface area contributed by atoms with Crippen molar-refractivity contribution in [1.82, 2.24) is 0 Å². The first kappa shape index (κ1) is 13.0. The summed E-state index contributed by atoms with van der Waals surface area (Å²) in [5, 5.41) is 8.69. The van der Waals surface area contributed by atoms with Crippen molar-refractivity contribution in [2.24, 2.45) is 5.92 Å². The number of aryl methyl sites for hydroxylation is 2. The fourth-order valence-electron chi connectivity index (χ4n) is 1.64. The van der Waals surface area contributed by atoms with Crippen LogP contribution in [0.2, 0.25) is 0 Å². The molecule has 0 bridgehead atoms. The fraction of sp³-hybridized carbons (Fsp3) is 0.571. The molecule has 0 aliphatic rings. The molecular formula is C14H22O2. The van der Waals surface area contributed by atoms with Gasteiger partial charge in [0.15, 0.2) is 0 Å². The highest BCUT2D eigenvalue weighted by Gasteiger charge is 2.02. The molecule has 90 valence electrons. The summed E-state index contributed by atoms with van der Waals surface area (Å²) in [6.45, 7) is 6.96. The number of rotatable bonds is 6. The SMILES string of the molecule is Cc1cc(CCC(C)C)ccc1OCCO. The van der Waals surface area contributed by atoms with E-state index >= 15 is 0 Å². The summed E-state index contributed by atoms with van der Waals surface area (Å²) in [6.07, 6.45) is 2.34. The third-order valence-corrected chi connectivity index (χ3v) is 2.60. The Balaban J connectivity index is 2.59. The van der Waals surface area contributed by atoms with E-state index in [1.165, 1.54) is 12.0 Å². The second-order valence-corrected chi connectivity index (χ2v) is 4.60. The molecule has 0 aliphatic heterocycles. The molecule has 1 aromatic carbocycles. The van der Waals surface area contributed by atoms with E-state index in [0.717, 1.165) is 23.7 Å². The van der Waals surface area contributed by atoms with Gasteiger partial charge in [-0.2, -0.15) is 0 Å². The summed E-state index contributed by atoms with van der Waals surface area (Å²) in [6, 6.07) is 6.29. The van der Waals surface area contributed by atoms with Gasteiger partial charge in [0.05, 0.1) is 6.61 Å². The fourth-order valence-corrected chi connectivity index (χ4v) is 1.64. The zero-order valence-corrected chi connectivity index (χ0v) is 10.5. The molecule has 0 aliphatic carbocycles. The van der Waals surface area contributed by atoms with Crippen molar-refractivity contribution in [2.45, 2.75) is 33.6 Å². The van der Waals surface area contributed by atoms with Crippen LogP contribution in [0.5, 0.6) is 5.75 Å². The maximum Gasteiger partial charge on any atom is 0.122 e. The lowest BCUT2D eigenvalue weighted by atomic mass is 10.0. The Bertz CT molecular complexity index is 319. The molecule has 16 heavy (non-hydrogen) atoms. The Morgan fingerprint density at radius 3 is 2.62 bits per heavy atom. The first-order chi connectivity index (χ1) is 7.63. The monoisotopic (exact) mass is 222 g/mol. The van der Waals surface area contributed by atoms with Crippen LogP contribution >= 0.6 is 0 Å². The van der Waals surface area contributed by atoms with E-state index in [2.05, 4.69) is 26.0 Å². The summed E-state index contributed by atoms with van der Waals surface area (Å²) in [5.74, 6) is 1.62. The summed E-state index contributed by atoms with van der Waals surface area (Å²) in [5.41, 5.74) is 2.51. The zero-order valence-electron chi connectivity index (χ0n) is 10.5. The second-order valence-electron chi connectivity index (χ2n) is 4.60. The summed E-state index contributed by atoms with van der Waals surface area (Å²) in [4.78, 5) is 0. The van der Waals surface area contributed by atoms with Crippen LogP contribution in [0.15, 0.2) is 18.2 Å². The van der Waals surface area contributed by atoms with Crippen molar-refractivity contribution < 1.29 is 9.84 Å². The van der Waals surface area contributed by atoms with Crippen LogP contribution in [0.1, 0.15) is 31.4 Å². The first-order valence-electron chi connectivity index (χ1n) is 5.96. The highest BCUT2D eigenvalue weighted by Crippen LogP contribution is 2.20. The van der Waals surface area contributed by atoms with Crippen LogP contribution in [0.4, 0.5) is 0 Å². The Morgan fingerprint density at radius 2 is 2.06 bits per heavy atom. The van der Waals surface area contributed by atoms with E-state index in [1.54, 1.807) is 0 Å². The average Bonchev–Trinajstić information content (AvgIpc) is 2.25. The molecule has 0 spiro atoms. The highest BCUT2D eigenvalue weighted by atomic mass is 16.5. The van der Waals surface area contributed by atoms with Gasteiger partial charge in [-0.05, 0) is 42.9 Å². The molecule has 1 N–H and O–H groups in total. The van der Waals surface area contributed by atoms with Gasteiger partial charge < -0.3 is 9.84 Å². The van der Waals surface area contributed by atoms with Crippen LogP contribution < -0.4 is 4.74 Å². The smallest absolute Gasteiger partial charge is 0.122 e. The molecule has 0 aromatic heterocycles. The Morgan fingerprint density at radius 1 is 1.31 bits per heavy atom. The van der Waals surface area contributed by atoms with E-state index in [0.29, 0.717) is 6.61 Å². The largest absolute Gasteiger partial charge is 0.491 e. The molecule has 0 saturated carbocycles. The number of hydrogen-bond donors (Lipinski definition) is 1. The van der Waals surface area contributed by atoms with Gasteiger partial charge >= 0.3 is 0 Å². The standard InChI is InChI=1S/C14H22O2/c1-11(2)4-5-13-6-7-14(12(3)10-13)16-9-8-15/h6-7,10-11,15H,4-5,8-9H2,1-3H3. The molecule has 1 aromatic rings. The van der Waals surface area contributed by atoms with Crippen LogP contribution in [0.25, 0.3) is 0 Å². The predicted octanol–water partition coefficient (Wildman–Crippen LogP) is 2.95. The van der Waals surface area contributed by atoms with Crippen molar-refractivity contribution in [3.05, 3.63) is 29.3 Å². The number of aliphatic hydroxyl groups is 1. The van der Waals surface area contributed by atoms with Gasteiger partial charge in [0, 0.05) is 0 Å². The van der Waals surface area contributed by atoms with Crippen LogP contribution in [-0.4, -0.2) is 18.3 Å². The molecule has 2 heteroatoms. The maximum atomic E-state index is 8.69. The number of aliphatic hydroxyl groups excluding tert-OH is 1. The van der Waals surface area contributed by atoms with E-state index in [1.807, 2.05) is 13.0 Å². The van der Waals surface area contributed by atoms with E-state index in [-0.39, 0.29) is 6.61 Å². The normalized spacial score (nSPS) is 10.8. The summed E-state index contributed by atoms with van der Waals surface area (Å²) in [7, 11) is 0. The molecule has 0 fully saturated rings. The van der Waals surface area contributed by atoms with Gasteiger partial charge in [-0.15, -0.1) is 0 Å². The van der Waals surface area contributed by atoms with Crippen molar-refractivity contribution in [2.75, 3.05) is 13.2 Å². The minimum atomic E-state index is 0.0640. The Hall–Kier alpha value is -1.02. The molecule has 0 atom stereocenters. The second kappa shape index (κ2) is 6.54. The number of ether oxygens (including phenoxy) is 1. The number of benzene rings is 1. The quantitative estimate of drug-likeness (QED) is 0.802. The number of hydrogen-bond acceptors (Lipinski definition) is 2. The molecule has 0 saturated heterocycles. The van der Waals surface area contributed by atoms with Gasteiger partial charge in [-0.1, -0.05) is 26.0 Å². The molecule has 0 radical (unpaired) electrons. The Labute approximate surface area is 98.3 Å². The third kappa shape index (κ3) is 4.23. The van der Waals surface area contributed by atoms with Crippen LogP contribution in [0, 0.1) is 12.8 Å². The van der Waals surface area contributed by atoms with Gasteiger partial charge in [-0.25, -0.2) is 0 Å². The van der Waals surface area contributed by atoms with Crippen LogP contribution in [-0.2, 0) is 6.42 Å². The molecule has 0 unspecified atom stereocenters. The zero-order chi connectivity index (χ0) is 12.0. The van der Waals surface area contributed by atoms with E-state index in [4.69, 9.17) is 9.84 Å². The molecular weight excluding hydrogens is 200 g/mol. The predicted molar refractivity (Wildman–Crippen MR) is 66.9 cm³/mol. The van der Waals surface area contributed by atoms with Gasteiger partial charge in [0.2, 0.25) is 0 Å². The maximum absolute atomic E-state index is 8.69.